The summed E-state index contributed by atoms with van der Waals surface area (Å²) in [7, 11) is 0. The summed E-state index contributed by atoms with van der Waals surface area (Å²) < 4.78 is 0. The van der Waals surface area contributed by atoms with E-state index >= 15 is 0 Å². The molecule has 2 heteroatoms. The van der Waals surface area contributed by atoms with E-state index in [0.717, 1.165) is 11.5 Å². The van der Waals surface area contributed by atoms with Gasteiger partial charge in [-0.25, -0.2) is 0 Å². The van der Waals surface area contributed by atoms with Gasteiger partial charge in [-0.05, 0) is 0 Å². The summed E-state index contributed by atoms with van der Waals surface area (Å²) in [5, 5.41) is 0. The molecule has 0 saturated carbocycles. The Balaban J connectivity index is 2.06. The SMILES string of the molecule is CCCCC1CC[B-](Br)C1. The van der Waals surface area contributed by atoms with Crippen LogP contribution in [0.25, 0.3) is 0 Å². The predicted octanol–water partition coefficient (Wildman–Crippen LogP) is 3.58. The largest absolute Gasteiger partial charge is 0.398 e. The van der Waals surface area contributed by atoms with E-state index in [4.69, 9.17) is 0 Å². The summed E-state index contributed by atoms with van der Waals surface area (Å²) in [6.07, 6.45) is 8.58. The van der Waals surface area contributed by atoms with Crippen LogP contribution in [0.5, 0.6) is 0 Å². The Morgan fingerprint density at radius 1 is 1.60 bits per heavy atom. The van der Waals surface area contributed by atoms with Crippen LogP contribution in [0.15, 0.2) is 0 Å². The lowest BCUT2D eigenvalue weighted by molar-refractivity contribution is 0.511. The normalized spacial score (nSPS) is 27.6. The molecular formula is C8H16BBr-. The van der Waals surface area contributed by atoms with Crippen LogP contribution in [0.4, 0.5) is 0 Å². The van der Waals surface area contributed by atoms with Crippen LogP contribution in [0.3, 0.4) is 0 Å². The van der Waals surface area contributed by atoms with E-state index in [1.165, 1.54) is 38.3 Å². The molecule has 1 heterocycles. The van der Waals surface area contributed by atoms with Gasteiger partial charge in [0.1, 0.15) is 0 Å². The summed E-state index contributed by atoms with van der Waals surface area (Å²) in [6.45, 7) is 2.28. The van der Waals surface area contributed by atoms with Crippen molar-refractivity contribution in [2.45, 2.75) is 45.2 Å². The van der Waals surface area contributed by atoms with Crippen molar-refractivity contribution in [2.75, 3.05) is 0 Å². The van der Waals surface area contributed by atoms with E-state index in [0.29, 0.717) is 0 Å². The first-order valence-electron chi connectivity index (χ1n) is 4.47. The Kier molecular flexibility index (Phi) is 3.83. The molecule has 0 aromatic carbocycles. The summed E-state index contributed by atoms with van der Waals surface area (Å²) >= 11 is 3.67. The second kappa shape index (κ2) is 4.43. The van der Waals surface area contributed by atoms with Crippen LogP contribution in [0.1, 0.15) is 32.6 Å². The molecular weight excluding hydrogens is 187 g/mol. The zero-order valence-electron chi connectivity index (χ0n) is 6.78. The molecule has 1 saturated heterocycles. The van der Waals surface area contributed by atoms with Gasteiger partial charge in [-0.15, -0.1) is 0 Å². The van der Waals surface area contributed by atoms with Gasteiger partial charge in [-0.1, -0.05) is 44.1 Å². The van der Waals surface area contributed by atoms with Crippen molar-refractivity contribution in [1.29, 1.82) is 0 Å². The molecule has 1 aliphatic rings. The van der Waals surface area contributed by atoms with Crippen molar-refractivity contribution in [3.05, 3.63) is 0 Å². The zero-order chi connectivity index (χ0) is 7.40. The molecule has 0 spiro atoms. The molecule has 59 valence electrons. The maximum absolute atomic E-state index is 3.67. The van der Waals surface area contributed by atoms with Crippen molar-refractivity contribution in [3.63, 3.8) is 0 Å². The Morgan fingerprint density at radius 3 is 2.90 bits per heavy atom. The summed E-state index contributed by atoms with van der Waals surface area (Å²) in [5.41, 5.74) is 0.842. The minimum absolute atomic E-state index is 0.842. The molecule has 1 atom stereocenters. The van der Waals surface area contributed by atoms with Gasteiger partial charge in [0.25, 0.3) is 0 Å². The minimum Gasteiger partial charge on any atom is -0.398 e. The van der Waals surface area contributed by atoms with E-state index < -0.39 is 0 Å². The molecule has 1 fully saturated rings. The molecule has 10 heavy (non-hydrogen) atoms. The Morgan fingerprint density at radius 2 is 2.40 bits per heavy atom. The summed E-state index contributed by atoms with van der Waals surface area (Å²) in [4.78, 5) is 0. The van der Waals surface area contributed by atoms with E-state index in [9.17, 15) is 0 Å². The quantitative estimate of drug-likeness (QED) is 0.614. The first-order valence-corrected chi connectivity index (χ1v) is 5.38. The molecule has 0 aliphatic carbocycles. The fourth-order valence-electron chi connectivity index (χ4n) is 1.77. The van der Waals surface area contributed by atoms with Gasteiger partial charge in [0.05, 0.1) is 0 Å². The summed E-state index contributed by atoms with van der Waals surface area (Å²) in [6, 6.07) is 0. The van der Waals surface area contributed by atoms with Crippen LogP contribution in [-0.4, -0.2) is 5.54 Å². The first-order chi connectivity index (χ1) is 4.83. The van der Waals surface area contributed by atoms with E-state index in [1.54, 1.807) is 0 Å². The number of hydrogen-bond donors (Lipinski definition) is 0. The smallest absolute Gasteiger partial charge is 0.0534 e. The third-order valence-electron chi connectivity index (χ3n) is 2.44. The number of rotatable bonds is 3. The van der Waals surface area contributed by atoms with Gasteiger partial charge < -0.3 is 15.8 Å². The van der Waals surface area contributed by atoms with E-state index in [2.05, 4.69) is 22.7 Å². The van der Waals surface area contributed by atoms with E-state index in [-0.39, 0.29) is 0 Å². The monoisotopic (exact) mass is 202 g/mol. The molecule has 1 radical (unpaired) electrons. The summed E-state index contributed by atoms with van der Waals surface area (Å²) in [5.74, 6) is 1.05. The van der Waals surface area contributed by atoms with Crippen molar-refractivity contribution >= 4 is 21.3 Å². The molecule has 0 aromatic rings. The molecule has 1 aliphatic heterocycles. The van der Waals surface area contributed by atoms with Crippen molar-refractivity contribution in [2.24, 2.45) is 5.92 Å². The van der Waals surface area contributed by atoms with Crippen molar-refractivity contribution in [1.82, 2.24) is 0 Å². The van der Waals surface area contributed by atoms with Crippen LogP contribution in [-0.2, 0) is 0 Å². The number of unbranched alkanes of at least 4 members (excludes halogenated alkanes) is 1. The lowest BCUT2D eigenvalue weighted by Gasteiger charge is -2.11. The number of halogens is 1. The zero-order valence-corrected chi connectivity index (χ0v) is 8.36. The van der Waals surface area contributed by atoms with Gasteiger partial charge >= 0.3 is 0 Å². The lowest BCUT2D eigenvalue weighted by atomic mass is 9.75. The van der Waals surface area contributed by atoms with Crippen LogP contribution >= 0.6 is 15.8 Å². The number of hydrogen-bond acceptors (Lipinski definition) is 0. The van der Waals surface area contributed by atoms with Crippen molar-refractivity contribution < 1.29 is 0 Å². The lowest BCUT2D eigenvalue weighted by Crippen LogP contribution is -1.96. The second-order valence-corrected chi connectivity index (χ2v) is 4.71. The average molecular weight is 203 g/mol. The third-order valence-corrected chi connectivity index (χ3v) is 3.27. The third kappa shape index (κ3) is 2.65. The molecule has 0 N–H and O–H groups in total. The average Bonchev–Trinajstić information content (AvgIpc) is 2.31. The molecule has 0 bridgehead atoms. The molecule has 0 aromatic heterocycles. The molecule has 1 rings (SSSR count). The van der Waals surface area contributed by atoms with Crippen LogP contribution in [0, 0.1) is 5.92 Å². The molecule has 1 unspecified atom stereocenters. The highest BCUT2D eigenvalue weighted by atomic mass is 79.9. The van der Waals surface area contributed by atoms with Gasteiger partial charge in [-0.3, -0.25) is 0 Å². The fourth-order valence-corrected chi connectivity index (χ4v) is 2.56. The van der Waals surface area contributed by atoms with Crippen molar-refractivity contribution in [3.8, 4) is 0 Å². The first kappa shape index (κ1) is 8.64. The van der Waals surface area contributed by atoms with Gasteiger partial charge in [0.15, 0.2) is 0 Å². The Bertz CT molecular complexity index is 95.3. The van der Waals surface area contributed by atoms with E-state index in [1.807, 2.05) is 0 Å². The van der Waals surface area contributed by atoms with Gasteiger partial charge in [0, 0.05) is 0 Å². The highest BCUT2D eigenvalue weighted by Gasteiger charge is 2.13. The van der Waals surface area contributed by atoms with Gasteiger partial charge in [-0.2, -0.15) is 12.6 Å². The Labute approximate surface area is 72.8 Å². The maximum Gasteiger partial charge on any atom is -0.0534 e. The topological polar surface area (TPSA) is 0 Å². The highest BCUT2D eigenvalue weighted by molar-refractivity contribution is 9.24. The molecule has 0 nitrogen and oxygen atoms in total. The fraction of sp³-hybridized carbons (Fsp3) is 1.00. The standard InChI is InChI=1S/C8H16BBr/c1-2-3-4-8-5-6-9(10)7-8/h8H,2-7H2,1H3/q-1. The maximum atomic E-state index is 3.67. The van der Waals surface area contributed by atoms with Crippen LogP contribution < -0.4 is 0 Å². The van der Waals surface area contributed by atoms with Gasteiger partial charge in [0.2, 0.25) is 0 Å². The predicted molar refractivity (Wildman–Crippen MR) is 51.9 cm³/mol. The molecule has 0 amide bonds. The Hall–Kier alpha value is 0.545. The minimum atomic E-state index is 0.842. The highest BCUT2D eigenvalue weighted by Crippen LogP contribution is 2.32. The van der Waals surface area contributed by atoms with Crippen LogP contribution in [0.2, 0.25) is 12.6 Å². The second-order valence-electron chi connectivity index (χ2n) is 3.42.